The first-order valence-electron chi connectivity index (χ1n) is 4.75. The summed E-state index contributed by atoms with van der Waals surface area (Å²) < 4.78 is 0. The topological polar surface area (TPSA) is 38.5 Å². The smallest absolute Gasteiger partial charge is 0.0854 e. The van der Waals surface area contributed by atoms with E-state index in [1.54, 1.807) is 0 Å². The van der Waals surface area contributed by atoms with Crippen LogP contribution in [0.5, 0.6) is 0 Å². The Morgan fingerprint density at radius 1 is 1.36 bits per heavy atom. The quantitative estimate of drug-likeness (QED) is 0.740. The molecule has 0 amide bonds. The van der Waals surface area contributed by atoms with E-state index in [0.717, 1.165) is 6.54 Å². The summed E-state index contributed by atoms with van der Waals surface area (Å²) in [5.74, 6) is 5.00. The number of nitrogens with zero attached hydrogens (tertiary/aromatic N) is 1. The molecule has 78 valence electrons. The molecule has 2 N–H and O–H groups in total. The molecule has 0 spiro atoms. The zero-order chi connectivity index (χ0) is 10.6. The van der Waals surface area contributed by atoms with Crippen LogP contribution in [0.15, 0.2) is 18.2 Å². The molecule has 3 heteroatoms. The normalized spacial score (nSPS) is 10.3. The van der Waals surface area contributed by atoms with Crippen LogP contribution < -0.4 is 10.8 Å². The third-order valence-electron chi connectivity index (χ3n) is 2.32. The summed E-state index contributed by atoms with van der Waals surface area (Å²) in [7, 11) is 2.04. The average Bonchev–Trinajstić information content (AvgIpc) is 2.18. The van der Waals surface area contributed by atoms with Crippen LogP contribution >= 0.6 is 0 Å². The minimum Gasteiger partial charge on any atom is -0.372 e. The van der Waals surface area contributed by atoms with Crippen molar-refractivity contribution in [3.63, 3.8) is 0 Å². The molecule has 0 unspecified atom stereocenters. The molecule has 0 aliphatic heterocycles. The molecular weight excluding hydrogens is 176 g/mol. The molecule has 14 heavy (non-hydrogen) atoms. The van der Waals surface area contributed by atoms with E-state index in [9.17, 15) is 0 Å². The second kappa shape index (κ2) is 4.98. The summed E-state index contributed by atoms with van der Waals surface area (Å²) in [6.45, 7) is 5.55. The minimum absolute atomic E-state index is 0.546. The molecular formula is C11H18N2O. The minimum atomic E-state index is 0.546. The van der Waals surface area contributed by atoms with E-state index >= 15 is 0 Å². The first-order valence-corrected chi connectivity index (χ1v) is 4.75. The highest BCUT2D eigenvalue weighted by molar-refractivity contribution is 5.54. The average molecular weight is 194 g/mol. The molecule has 0 aliphatic rings. The van der Waals surface area contributed by atoms with Gasteiger partial charge in [-0.2, -0.15) is 0 Å². The molecule has 0 aliphatic carbocycles. The highest BCUT2D eigenvalue weighted by Gasteiger charge is 2.03. The summed E-state index contributed by atoms with van der Waals surface area (Å²) in [6, 6.07) is 6.42. The molecule has 0 saturated heterocycles. The van der Waals surface area contributed by atoms with Crippen molar-refractivity contribution in [2.24, 2.45) is 5.90 Å². The highest BCUT2D eigenvalue weighted by atomic mass is 16.6. The summed E-state index contributed by atoms with van der Waals surface area (Å²) in [5, 5.41) is 0. The van der Waals surface area contributed by atoms with Gasteiger partial charge in [0.2, 0.25) is 0 Å². The summed E-state index contributed by atoms with van der Waals surface area (Å²) >= 11 is 0. The Morgan fingerprint density at radius 2 is 2.07 bits per heavy atom. The monoisotopic (exact) mass is 194 g/mol. The Balaban J connectivity index is 2.77. The van der Waals surface area contributed by atoms with E-state index in [-0.39, 0.29) is 0 Å². The molecule has 0 atom stereocenters. The number of aryl methyl sites for hydroxylation is 2. The lowest BCUT2D eigenvalue weighted by molar-refractivity contribution is 0.145. The fraction of sp³-hybridized carbons (Fsp3) is 0.455. The second-order valence-corrected chi connectivity index (χ2v) is 3.58. The van der Waals surface area contributed by atoms with Crippen LogP contribution in [0.25, 0.3) is 0 Å². The van der Waals surface area contributed by atoms with Gasteiger partial charge >= 0.3 is 0 Å². The van der Waals surface area contributed by atoms with Crippen molar-refractivity contribution in [1.82, 2.24) is 0 Å². The van der Waals surface area contributed by atoms with E-state index in [0.29, 0.717) is 6.61 Å². The number of benzene rings is 1. The Kier molecular flexibility index (Phi) is 3.92. The highest BCUT2D eigenvalue weighted by Crippen LogP contribution is 2.19. The van der Waals surface area contributed by atoms with Crippen LogP contribution in [0.1, 0.15) is 11.1 Å². The van der Waals surface area contributed by atoms with Crippen molar-refractivity contribution in [3.05, 3.63) is 29.3 Å². The number of hydrogen-bond donors (Lipinski definition) is 1. The number of nitrogens with two attached hydrogens (primary N) is 1. The van der Waals surface area contributed by atoms with E-state index in [1.165, 1.54) is 16.8 Å². The molecule has 0 bridgehead atoms. The largest absolute Gasteiger partial charge is 0.372 e. The van der Waals surface area contributed by atoms with E-state index < -0.39 is 0 Å². The Labute approximate surface area is 85.4 Å². The maximum absolute atomic E-state index is 5.00. The van der Waals surface area contributed by atoms with Crippen LogP contribution in [0.4, 0.5) is 5.69 Å². The van der Waals surface area contributed by atoms with Gasteiger partial charge in [0.05, 0.1) is 6.61 Å². The van der Waals surface area contributed by atoms with E-state index in [2.05, 4.69) is 41.8 Å². The first kappa shape index (κ1) is 11.0. The summed E-state index contributed by atoms with van der Waals surface area (Å²) in [4.78, 5) is 6.71. The van der Waals surface area contributed by atoms with Crippen LogP contribution in [0.2, 0.25) is 0 Å². The van der Waals surface area contributed by atoms with Gasteiger partial charge in [0.1, 0.15) is 0 Å². The molecule has 1 rings (SSSR count). The van der Waals surface area contributed by atoms with Crippen molar-refractivity contribution >= 4 is 5.69 Å². The zero-order valence-electron chi connectivity index (χ0n) is 9.08. The Morgan fingerprint density at radius 3 is 2.71 bits per heavy atom. The van der Waals surface area contributed by atoms with Crippen molar-refractivity contribution in [2.45, 2.75) is 13.8 Å². The van der Waals surface area contributed by atoms with Crippen LogP contribution in [0, 0.1) is 13.8 Å². The molecule has 3 nitrogen and oxygen atoms in total. The van der Waals surface area contributed by atoms with E-state index in [1.807, 2.05) is 7.05 Å². The lowest BCUT2D eigenvalue weighted by atomic mass is 10.1. The molecule has 0 fully saturated rings. The van der Waals surface area contributed by atoms with Gasteiger partial charge in [-0.1, -0.05) is 12.1 Å². The molecule has 1 aromatic carbocycles. The number of rotatable bonds is 4. The SMILES string of the molecule is Cc1ccc(C)c(N(C)CCON)c1. The maximum Gasteiger partial charge on any atom is 0.0854 e. The van der Waals surface area contributed by atoms with E-state index in [4.69, 9.17) is 5.90 Å². The standard InChI is InChI=1S/C11H18N2O/c1-9-4-5-10(2)11(8-9)13(3)6-7-14-12/h4-5,8H,6-7,12H2,1-3H3. The van der Waals surface area contributed by atoms with Crippen molar-refractivity contribution in [2.75, 3.05) is 25.1 Å². The van der Waals surface area contributed by atoms with Crippen LogP contribution in [-0.2, 0) is 4.84 Å². The Bertz CT molecular complexity index is 299. The lowest BCUT2D eigenvalue weighted by Crippen LogP contribution is -2.24. The number of anilines is 1. The second-order valence-electron chi connectivity index (χ2n) is 3.58. The van der Waals surface area contributed by atoms with Gasteiger partial charge in [-0.25, -0.2) is 5.90 Å². The number of likely N-dealkylation sites (N-methyl/N-ethyl adjacent to an activating group) is 1. The number of hydrogen-bond acceptors (Lipinski definition) is 3. The molecule has 0 radical (unpaired) electrons. The maximum atomic E-state index is 5.00. The molecule has 0 aromatic heterocycles. The van der Waals surface area contributed by atoms with Crippen molar-refractivity contribution in [1.29, 1.82) is 0 Å². The van der Waals surface area contributed by atoms with Gasteiger partial charge in [-0.05, 0) is 31.0 Å². The van der Waals surface area contributed by atoms with Gasteiger partial charge in [-0.15, -0.1) is 0 Å². The van der Waals surface area contributed by atoms with Crippen molar-refractivity contribution in [3.8, 4) is 0 Å². The summed E-state index contributed by atoms with van der Waals surface area (Å²) in [6.07, 6.45) is 0. The fourth-order valence-electron chi connectivity index (χ4n) is 1.44. The first-order chi connectivity index (χ1) is 6.65. The lowest BCUT2D eigenvalue weighted by Gasteiger charge is -2.21. The van der Waals surface area contributed by atoms with Gasteiger partial charge < -0.3 is 9.74 Å². The third-order valence-corrected chi connectivity index (χ3v) is 2.32. The van der Waals surface area contributed by atoms with Gasteiger partial charge in [0.15, 0.2) is 0 Å². The van der Waals surface area contributed by atoms with Crippen LogP contribution in [0.3, 0.4) is 0 Å². The molecule has 0 heterocycles. The van der Waals surface area contributed by atoms with Crippen LogP contribution in [-0.4, -0.2) is 20.2 Å². The van der Waals surface area contributed by atoms with Gasteiger partial charge in [0.25, 0.3) is 0 Å². The fourth-order valence-corrected chi connectivity index (χ4v) is 1.44. The van der Waals surface area contributed by atoms with Crippen molar-refractivity contribution < 1.29 is 4.84 Å². The third kappa shape index (κ3) is 2.72. The predicted octanol–water partition coefficient (Wildman–Crippen LogP) is 1.63. The Hall–Kier alpha value is -1.06. The zero-order valence-corrected chi connectivity index (χ0v) is 9.08. The van der Waals surface area contributed by atoms with Gasteiger partial charge in [0, 0.05) is 19.3 Å². The summed E-state index contributed by atoms with van der Waals surface area (Å²) in [5.41, 5.74) is 3.78. The van der Waals surface area contributed by atoms with Gasteiger partial charge in [-0.3, -0.25) is 0 Å². The predicted molar refractivity (Wildman–Crippen MR) is 59.3 cm³/mol. The molecule has 1 aromatic rings. The molecule has 0 saturated carbocycles.